The van der Waals surface area contributed by atoms with Crippen LogP contribution in [0.15, 0.2) is 18.5 Å². The van der Waals surface area contributed by atoms with E-state index in [2.05, 4.69) is 55.6 Å². The van der Waals surface area contributed by atoms with Crippen LogP contribution < -0.4 is 9.80 Å². The molecule has 2 aromatic heterocycles. The van der Waals surface area contributed by atoms with Crippen molar-refractivity contribution in [3.05, 3.63) is 29.8 Å². The molecule has 0 spiro atoms. The Hall–Kier alpha value is -2.19. The summed E-state index contributed by atoms with van der Waals surface area (Å²) in [5.74, 6) is 2.70. The Kier molecular flexibility index (Phi) is 4.91. The van der Waals surface area contributed by atoms with E-state index >= 15 is 0 Å². The molecule has 8 heteroatoms. The summed E-state index contributed by atoms with van der Waals surface area (Å²) in [4.78, 5) is 16.2. The van der Waals surface area contributed by atoms with Crippen LogP contribution in [0.1, 0.15) is 36.6 Å². The van der Waals surface area contributed by atoms with Gasteiger partial charge in [-0.25, -0.2) is 9.97 Å². The summed E-state index contributed by atoms with van der Waals surface area (Å²) < 4.78 is 7.85. The summed E-state index contributed by atoms with van der Waals surface area (Å²) in [7, 11) is 6.05. The fourth-order valence-electron chi connectivity index (χ4n) is 4.65. The molecule has 1 saturated carbocycles. The number of fused-ring (bicyclic) bond motifs is 1. The standard InChI is InChI=1S/C21H31N7O/c1-25(2)11-16-8-18(29-3)13-27(16)21-10-20(22-14-23-21)26-6-7-28-17(12-26)9-19(24-28)15-4-5-15/h9-10,14-16,18H,4-8,11-13H2,1-3H3/t16-,18-/m0/s1. The SMILES string of the molecule is CO[C@H]1C[C@@H](CN(C)C)N(c2cc(N3CCn4nc(C5CC5)cc4C3)ncn2)C1. The molecule has 2 aromatic rings. The van der Waals surface area contributed by atoms with Gasteiger partial charge in [-0.05, 0) is 39.4 Å². The number of anilines is 2. The van der Waals surface area contributed by atoms with Crippen LogP contribution >= 0.6 is 0 Å². The van der Waals surface area contributed by atoms with Gasteiger partial charge in [0, 0.05) is 44.8 Å². The van der Waals surface area contributed by atoms with Gasteiger partial charge in [0.25, 0.3) is 0 Å². The third kappa shape index (κ3) is 3.83. The van der Waals surface area contributed by atoms with Gasteiger partial charge in [-0.2, -0.15) is 5.10 Å². The Morgan fingerprint density at radius 1 is 1.14 bits per heavy atom. The largest absolute Gasteiger partial charge is 0.380 e. The Bertz CT molecular complexity index is 862. The molecule has 29 heavy (non-hydrogen) atoms. The van der Waals surface area contributed by atoms with E-state index in [1.165, 1.54) is 24.2 Å². The lowest BCUT2D eigenvalue weighted by molar-refractivity contribution is 0.117. The van der Waals surface area contributed by atoms with Crippen LogP contribution in [0.2, 0.25) is 0 Å². The monoisotopic (exact) mass is 397 g/mol. The van der Waals surface area contributed by atoms with Gasteiger partial charge in [0.05, 0.1) is 30.6 Å². The number of hydrogen-bond donors (Lipinski definition) is 0. The molecule has 4 heterocycles. The van der Waals surface area contributed by atoms with Gasteiger partial charge in [0.15, 0.2) is 0 Å². The normalized spacial score (nSPS) is 24.4. The Balaban J connectivity index is 1.35. The van der Waals surface area contributed by atoms with Gasteiger partial charge in [-0.3, -0.25) is 4.68 Å². The highest BCUT2D eigenvalue weighted by molar-refractivity contribution is 5.52. The molecule has 0 N–H and O–H groups in total. The minimum absolute atomic E-state index is 0.253. The first-order valence-electron chi connectivity index (χ1n) is 10.7. The molecule has 1 saturated heterocycles. The second kappa shape index (κ2) is 7.57. The summed E-state index contributed by atoms with van der Waals surface area (Å²) in [6.45, 7) is 4.57. The topological polar surface area (TPSA) is 62.6 Å². The molecular weight excluding hydrogens is 366 g/mol. The van der Waals surface area contributed by atoms with E-state index in [4.69, 9.17) is 9.84 Å². The average molecular weight is 398 g/mol. The van der Waals surface area contributed by atoms with Crippen molar-refractivity contribution in [1.82, 2.24) is 24.6 Å². The first kappa shape index (κ1) is 18.8. The predicted molar refractivity (Wildman–Crippen MR) is 112 cm³/mol. The van der Waals surface area contributed by atoms with Crippen molar-refractivity contribution in [3.8, 4) is 0 Å². The molecule has 3 aliphatic rings. The first-order chi connectivity index (χ1) is 14.1. The third-order valence-electron chi connectivity index (χ3n) is 6.35. The molecule has 0 aromatic carbocycles. The molecule has 2 fully saturated rings. The van der Waals surface area contributed by atoms with Crippen LogP contribution in [0.5, 0.6) is 0 Å². The van der Waals surface area contributed by atoms with Crippen molar-refractivity contribution in [1.29, 1.82) is 0 Å². The van der Waals surface area contributed by atoms with Gasteiger partial charge in [0.2, 0.25) is 0 Å². The second-order valence-electron chi connectivity index (χ2n) is 8.88. The van der Waals surface area contributed by atoms with Crippen molar-refractivity contribution in [2.75, 3.05) is 50.6 Å². The zero-order valence-electron chi connectivity index (χ0n) is 17.7. The van der Waals surface area contributed by atoms with E-state index in [9.17, 15) is 0 Å². The summed E-state index contributed by atoms with van der Waals surface area (Å²) >= 11 is 0. The van der Waals surface area contributed by atoms with E-state index < -0.39 is 0 Å². The van der Waals surface area contributed by atoms with Crippen LogP contribution in [-0.2, 0) is 17.8 Å². The van der Waals surface area contributed by atoms with E-state index in [0.29, 0.717) is 12.0 Å². The Morgan fingerprint density at radius 2 is 1.97 bits per heavy atom. The minimum Gasteiger partial charge on any atom is -0.380 e. The maximum Gasteiger partial charge on any atom is 0.134 e. The number of ether oxygens (including phenoxy) is 1. The third-order valence-corrected chi connectivity index (χ3v) is 6.35. The zero-order valence-corrected chi connectivity index (χ0v) is 17.7. The second-order valence-corrected chi connectivity index (χ2v) is 8.88. The lowest BCUT2D eigenvalue weighted by Crippen LogP contribution is -2.38. The highest BCUT2D eigenvalue weighted by Gasteiger charge is 2.34. The van der Waals surface area contributed by atoms with Crippen molar-refractivity contribution >= 4 is 11.6 Å². The summed E-state index contributed by atoms with van der Waals surface area (Å²) in [5, 5.41) is 4.81. The van der Waals surface area contributed by atoms with Crippen molar-refractivity contribution in [3.63, 3.8) is 0 Å². The van der Waals surface area contributed by atoms with Crippen LogP contribution in [0.3, 0.4) is 0 Å². The highest BCUT2D eigenvalue weighted by Crippen LogP contribution is 2.40. The van der Waals surface area contributed by atoms with E-state index in [1.807, 2.05) is 0 Å². The highest BCUT2D eigenvalue weighted by atomic mass is 16.5. The van der Waals surface area contributed by atoms with Gasteiger partial charge < -0.3 is 19.4 Å². The number of nitrogens with zero attached hydrogens (tertiary/aromatic N) is 7. The molecule has 5 rings (SSSR count). The lowest BCUT2D eigenvalue weighted by atomic mass is 10.2. The molecular formula is C21H31N7O. The van der Waals surface area contributed by atoms with Crippen LogP contribution in [-0.4, -0.2) is 77.6 Å². The summed E-state index contributed by atoms with van der Waals surface area (Å²) in [5.41, 5.74) is 2.57. The van der Waals surface area contributed by atoms with Crippen molar-refractivity contribution < 1.29 is 4.74 Å². The zero-order chi connectivity index (χ0) is 20.0. The van der Waals surface area contributed by atoms with Gasteiger partial charge in [-0.15, -0.1) is 0 Å². The Morgan fingerprint density at radius 3 is 2.72 bits per heavy atom. The minimum atomic E-state index is 0.253. The molecule has 8 nitrogen and oxygen atoms in total. The molecule has 2 atom stereocenters. The number of rotatable bonds is 6. The van der Waals surface area contributed by atoms with E-state index in [1.54, 1.807) is 13.4 Å². The van der Waals surface area contributed by atoms with Gasteiger partial charge in [-0.1, -0.05) is 0 Å². The molecule has 0 radical (unpaired) electrons. The van der Waals surface area contributed by atoms with Gasteiger partial charge >= 0.3 is 0 Å². The van der Waals surface area contributed by atoms with E-state index in [-0.39, 0.29) is 6.10 Å². The average Bonchev–Trinajstić information content (AvgIpc) is 3.36. The van der Waals surface area contributed by atoms with Crippen molar-refractivity contribution in [2.24, 2.45) is 0 Å². The van der Waals surface area contributed by atoms with Crippen molar-refractivity contribution in [2.45, 2.75) is 50.4 Å². The Labute approximate surface area is 172 Å². The van der Waals surface area contributed by atoms with E-state index in [0.717, 1.165) is 50.8 Å². The summed E-state index contributed by atoms with van der Waals surface area (Å²) in [6, 6.07) is 4.85. The van der Waals surface area contributed by atoms with Gasteiger partial charge in [0.1, 0.15) is 18.0 Å². The number of aromatic nitrogens is 4. The van der Waals surface area contributed by atoms with Crippen LogP contribution in [0.4, 0.5) is 11.6 Å². The quantitative estimate of drug-likeness (QED) is 0.735. The summed E-state index contributed by atoms with van der Waals surface area (Å²) in [6.07, 6.45) is 5.58. The lowest BCUT2D eigenvalue weighted by Gasteiger charge is -2.31. The smallest absolute Gasteiger partial charge is 0.134 e. The maximum absolute atomic E-state index is 5.66. The number of methoxy groups -OCH3 is 1. The molecule has 0 amide bonds. The maximum atomic E-state index is 5.66. The molecule has 1 aliphatic carbocycles. The molecule has 2 aliphatic heterocycles. The van der Waals surface area contributed by atoms with Crippen LogP contribution in [0.25, 0.3) is 0 Å². The number of likely N-dealkylation sites (N-methyl/N-ethyl adjacent to an activating group) is 1. The fourth-order valence-corrected chi connectivity index (χ4v) is 4.65. The number of hydrogen-bond acceptors (Lipinski definition) is 7. The molecule has 156 valence electrons. The van der Waals surface area contributed by atoms with Crippen LogP contribution in [0, 0.1) is 0 Å². The predicted octanol–water partition coefficient (Wildman–Crippen LogP) is 1.73. The first-order valence-corrected chi connectivity index (χ1v) is 10.7. The molecule has 0 unspecified atom stereocenters. The fraction of sp³-hybridized carbons (Fsp3) is 0.667. The molecule has 0 bridgehead atoms.